The van der Waals surface area contributed by atoms with Crippen molar-refractivity contribution < 1.29 is 22.8 Å². The van der Waals surface area contributed by atoms with E-state index in [1.54, 1.807) is 49.8 Å². The average Bonchev–Trinajstić information content (AvgIpc) is 3.26. The molecule has 3 N–H and O–H groups in total. The maximum Gasteiger partial charge on any atom is 0.416 e. The molecule has 0 bridgehead atoms. The fourth-order valence-electron chi connectivity index (χ4n) is 3.48. The number of nitrogens with one attached hydrogen (secondary N) is 3. The zero-order valence-electron chi connectivity index (χ0n) is 17.5. The van der Waals surface area contributed by atoms with Crippen molar-refractivity contribution in [2.45, 2.75) is 12.7 Å². The van der Waals surface area contributed by atoms with Crippen molar-refractivity contribution in [1.82, 2.24) is 20.6 Å². The van der Waals surface area contributed by atoms with Gasteiger partial charge in [0.25, 0.3) is 11.8 Å². The van der Waals surface area contributed by atoms with E-state index in [2.05, 4.69) is 20.6 Å². The molecule has 0 radical (unpaired) electrons. The maximum absolute atomic E-state index is 12.9. The molecular weight excluding hydrogens is 433 g/mol. The van der Waals surface area contributed by atoms with E-state index < -0.39 is 17.6 Å². The van der Waals surface area contributed by atoms with Gasteiger partial charge in [0.05, 0.1) is 17.3 Å². The highest BCUT2D eigenvalue weighted by atomic mass is 19.4. The van der Waals surface area contributed by atoms with Crippen LogP contribution < -0.4 is 10.6 Å². The van der Waals surface area contributed by atoms with Gasteiger partial charge in [-0.3, -0.25) is 14.6 Å². The summed E-state index contributed by atoms with van der Waals surface area (Å²) in [5.41, 5.74) is 2.66. The number of carbonyl (C=O) groups excluding carboxylic acids is 2. The number of benzene rings is 2. The van der Waals surface area contributed by atoms with Crippen LogP contribution >= 0.6 is 0 Å². The number of aromatic nitrogens is 2. The highest BCUT2D eigenvalue weighted by Crippen LogP contribution is 2.30. The van der Waals surface area contributed by atoms with Crippen LogP contribution in [0.4, 0.5) is 13.2 Å². The summed E-state index contributed by atoms with van der Waals surface area (Å²) in [6, 6.07) is 13.3. The summed E-state index contributed by atoms with van der Waals surface area (Å²) < 4.78 is 38.6. The Morgan fingerprint density at radius 1 is 1.00 bits per heavy atom. The molecule has 168 valence electrons. The summed E-state index contributed by atoms with van der Waals surface area (Å²) in [5, 5.41) is 6.01. The summed E-state index contributed by atoms with van der Waals surface area (Å²) in [7, 11) is 1.55. The van der Waals surface area contributed by atoms with Crippen molar-refractivity contribution in [3.05, 3.63) is 89.4 Å². The van der Waals surface area contributed by atoms with E-state index in [1.807, 2.05) is 0 Å². The molecule has 2 heterocycles. The Morgan fingerprint density at radius 3 is 2.45 bits per heavy atom. The van der Waals surface area contributed by atoms with E-state index in [0.717, 1.165) is 28.6 Å². The number of nitrogens with zero attached hydrogens (tertiary/aromatic N) is 1. The number of rotatable bonds is 5. The van der Waals surface area contributed by atoms with E-state index in [-0.39, 0.29) is 12.5 Å². The van der Waals surface area contributed by atoms with Gasteiger partial charge < -0.3 is 15.6 Å². The van der Waals surface area contributed by atoms with Crippen LogP contribution in [0.3, 0.4) is 0 Å². The van der Waals surface area contributed by atoms with E-state index >= 15 is 0 Å². The van der Waals surface area contributed by atoms with Gasteiger partial charge in [0.1, 0.15) is 5.69 Å². The second-order valence-electron chi connectivity index (χ2n) is 7.37. The SMILES string of the molecule is CNC(=O)c1cc2c(-c3ccc(C(=O)NCc4cccc(C(F)(F)F)c4)cc3)cncc2[nH]1. The molecule has 0 saturated carbocycles. The number of H-pyrrole nitrogens is 1. The highest BCUT2D eigenvalue weighted by Gasteiger charge is 2.30. The molecule has 2 amide bonds. The van der Waals surface area contributed by atoms with Crippen LogP contribution in [0.5, 0.6) is 0 Å². The largest absolute Gasteiger partial charge is 0.416 e. The first-order valence-corrected chi connectivity index (χ1v) is 10.00. The minimum absolute atomic E-state index is 0.0284. The van der Waals surface area contributed by atoms with Crippen molar-refractivity contribution in [1.29, 1.82) is 0 Å². The maximum atomic E-state index is 12.9. The smallest absolute Gasteiger partial charge is 0.354 e. The van der Waals surface area contributed by atoms with Crippen LogP contribution in [0.1, 0.15) is 32.0 Å². The molecule has 0 aliphatic carbocycles. The number of hydrogen-bond donors (Lipinski definition) is 3. The van der Waals surface area contributed by atoms with Gasteiger partial charge in [-0.1, -0.05) is 24.3 Å². The number of pyridine rings is 1. The number of alkyl halides is 3. The highest BCUT2D eigenvalue weighted by molar-refractivity contribution is 6.02. The second kappa shape index (κ2) is 8.78. The van der Waals surface area contributed by atoms with Crippen molar-refractivity contribution in [3.63, 3.8) is 0 Å². The van der Waals surface area contributed by atoms with Crippen molar-refractivity contribution in [2.24, 2.45) is 0 Å². The molecule has 6 nitrogen and oxygen atoms in total. The van der Waals surface area contributed by atoms with Gasteiger partial charge in [-0.2, -0.15) is 13.2 Å². The summed E-state index contributed by atoms with van der Waals surface area (Å²) in [6.07, 6.45) is -1.14. The van der Waals surface area contributed by atoms with E-state index in [0.29, 0.717) is 22.3 Å². The van der Waals surface area contributed by atoms with Gasteiger partial charge in [0.2, 0.25) is 0 Å². The van der Waals surface area contributed by atoms with Crippen molar-refractivity contribution in [3.8, 4) is 11.1 Å². The van der Waals surface area contributed by atoms with Crippen LogP contribution in [0, 0.1) is 0 Å². The van der Waals surface area contributed by atoms with Gasteiger partial charge in [0, 0.05) is 36.3 Å². The summed E-state index contributed by atoms with van der Waals surface area (Å²) in [5.74, 6) is -0.649. The van der Waals surface area contributed by atoms with Gasteiger partial charge in [-0.25, -0.2) is 0 Å². The Bertz CT molecular complexity index is 1330. The topological polar surface area (TPSA) is 86.9 Å². The first kappa shape index (κ1) is 22.1. The molecule has 2 aromatic carbocycles. The Balaban J connectivity index is 1.50. The molecule has 0 saturated heterocycles. The molecule has 0 atom stereocenters. The van der Waals surface area contributed by atoms with Gasteiger partial charge in [-0.15, -0.1) is 0 Å². The minimum atomic E-state index is -4.44. The van der Waals surface area contributed by atoms with Crippen LogP contribution in [0.15, 0.2) is 67.0 Å². The Labute approximate surface area is 186 Å². The van der Waals surface area contributed by atoms with Crippen LogP contribution in [-0.4, -0.2) is 28.8 Å². The molecule has 0 aliphatic rings. The first-order valence-electron chi connectivity index (χ1n) is 10.00. The number of hydrogen-bond acceptors (Lipinski definition) is 3. The third-order valence-electron chi connectivity index (χ3n) is 5.18. The number of halogens is 3. The summed E-state index contributed by atoms with van der Waals surface area (Å²) in [4.78, 5) is 31.6. The average molecular weight is 452 g/mol. The minimum Gasteiger partial charge on any atom is -0.354 e. The third kappa shape index (κ3) is 4.72. The van der Waals surface area contributed by atoms with E-state index in [9.17, 15) is 22.8 Å². The third-order valence-corrected chi connectivity index (χ3v) is 5.18. The normalized spacial score (nSPS) is 11.4. The number of amides is 2. The van der Waals surface area contributed by atoms with Crippen LogP contribution in [0.25, 0.3) is 22.0 Å². The molecule has 2 aromatic heterocycles. The van der Waals surface area contributed by atoms with Gasteiger partial charge in [0.15, 0.2) is 0 Å². The Kier molecular flexibility index (Phi) is 5.87. The zero-order chi connectivity index (χ0) is 23.6. The van der Waals surface area contributed by atoms with Gasteiger partial charge in [-0.05, 0) is 41.5 Å². The fraction of sp³-hybridized carbons (Fsp3) is 0.125. The van der Waals surface area contributed by atoms with Crippen LogP contribution in [0.2, 0.25) is 0 Å². The zero-order valence-corrected chi connectivity index (χ0v) is 17.5. The molecule has 0 spiro atoms. The monoisotopic (exact) mass is 452 g/mol. The lowest BCUT2D eigenvalue weighted by Crippen LogP contribution is -2.23. The van der Waals surface area contributed by atoms with E-state index in [1.165, 1.54) is 12.1 Å². The lowest BCUT2D eigenvalue weighted by molar-refractivity contribution is -0.137. The quantitative estimate of drug-likeness (QED) is 0.416. The molecule has 0 unspecified atom stereocenters. The summed E-state index contributed by atoms with van der Waals surface area (Å²) in [6.45, 7) is -0.0284. The molecule has 33 heavy (non-hydrogen) atoms. The Hall–Kier alpha value is -4.14. The lowest BCUT2D eigenvalue weighted by Gasteiger charge is -2.10. The fourth-order valence-corrected chi connectivity index (χ4v) is 3.48. The lowest BCUT2D eigenvalue weighted by atomic mass is 10.0. The first-order chi connectivity index (χ1) is 15.8. The van der Waals surface area contributed by atoms with Crippen molar-refractivity contribution >= 4 is 22.7 Å². The predicted octanol–water partition coefficient (Wildman–Crippen LogP) is 4.54. The Morgan fingerprint density at radius 2 is 1.76 bits per heavy atom. The van der Waals surface area contributed by atoms with Gasteiger partial charge >= 0.3 is 6.18 Å². The van der Waals surface area contributed by atoms with Crippen molar-refractivity contribution in [2.75, 3.05) is 7.05 Å². The molecule has 0 fully saturated rings. The standard InChI is InChI=1S/C24H19F3N4O2/c1-28-23(33)20-10-18-19(12-29-13-21(18)31-20)15-5-7-16(8-6-15)22(32)30-11-14-3-2-4-17(9-14)24(25,26)27/h2-10,12-13,31H,11H2,1H3,(H,28,33)(H,30,32). The van der Waals surface area contributed by atoms with Crippen LogP contribution in [-0.2, 0) is 12.7 Å². The number of aromatic amines is 1. The molecule has 4 rings (SSSR count). The number of carbonyl (C=O) groups is 2. The molecule has 0 aliphatic heterocycles. The number of fused-ring (bicyclic) bond motifs is 1. The summed E-state index contributed by atoms with van der Waals surface area (Å²) >= 11 is 0. The molecule has 9 heteroatoms. The second-order valence-corrected chi connectivity index (χ2v) is 7.37. The molecular formula is C24H19F3N4O2. The van der Waals surface area contributed by atoms with E-state index in [4.69, 9.17) is 0 Å². The molecule has 4 aromatic rings. The predicted molar refractivity (Wildman–Crippen MR) is 118 cm³/mol.